The van der Waals surface area contributed by atoms with Crippen molar-refractivity contribution >= 4 is 40.5 Å². The first kappa shape index (κ1) is 13.7. The van der Waals surface area contributed by atoms with Crippen molar-refractivity contribution < 1.29 is 0 Å². The Hall–Kier alpha value is -1.93. The van der Waals surface area contributed by atoms with Crippen molar-refractivity contribution in [3.8, 4) is 11.3 Å². The zero-order valence-corrected chi connectivity index (χ0v) is 13.0. The molecule has 0 radical (unpaired) electrons. The summed E-state index contributed by atoms with van der Waals surface area (Å²) in [6, 6.07) is 0.400. The summed E-state index contributed by atoms with van der Waals surface area (Å²) in [6.07, 6.45) is 6.15. The van der Waals surface area contributed by atoms with E-state index in [1.807, 2.05) is 18.1 Å². The maximum absolute atomic E-state index is 6.11. The van der Waals surface area contributed by atoms with E-state index in [0.29, 0.717) is 17.3 Å². The van der Waals surface area contributed by atoms with Gasteiger partial charge in [-0.1, -0.05) is 0 Å². The minimum Gasteiger partial charge on any atom is -0.368 e. The van der Waals surface area contributed by atoms with Gasteiger partial charge in [0, 0.05) is 29.8 Å². The van der Waals surface area contributed by atoms with Gasteiger partial charge >= 0.3 is 0 Å². The number of aromatic nitrogens is 6. The van der Waals surface area contributed by atoms with Crippen molar-refractivity contribution in [2.45, 2.75) is 12.5 Å². The molecule has 1 aliphatic rings. The van der Waals surface area contributed by atoms with Gasteiger partial charge < -0.3 is 10.3 Å². The van der Waals surface area contributed by atoms with Crippen LogP contribution in [0.1, 0.15) is 12.5 Å². The van der Waals surface area contributed by atoms with Crippen LogP contribution >= 0.6 is 23.4 Å². The molecule has 0 aromatic carbocycles. The molecule has 0 saturated carbocycles. The summed E-state index contributed by atoms with van der Waals surface area (Å²) in [5.74, 6) is 2.43. The molecule has 3 aromatic heterocycles. The second-order valence-corrected chi connectivity index (χ2v) is 6.50. The first-order valence-corrected chi connectivity index (χ1v) is 8.31. The van der Waals surface area contributed by atoms with Crippen molar-refractivity contribution in [1.82, 2.24) is 29.5 Å². The minimum absolute atomic E-state index is 0.187. The number of nitrogens with zero attached hydrogens (tertiary/aromatic N) is 6. The molecule has 4 heterocycles. The van der Waals surface area contributed by atoms with E-state index in [2.05, 4.69) is 29.5 Å². The molecule has 0 amide bonds. The largest absolute Gasteiger partial charge is 0.368 e. The Bertz CT molecular complexity index is 826. The molecule has 1 atom stereocenters. The number of imidazole rings is 1. The van der Waals surface area contributed by atoms with E-state index >= 15 is 0 Å². The number of hydrogen-bond donors (Lipinski definition) is 1. The summed E-state index contributed by atoms with van der Waals surface area (Å²) in [5.41, 5.74) is 8.33. The molecule has 22 heavy (non-hydrogen) atoms. The van der Waals surface area contributed by atoms with Gasteiger partial charge in [-0.15, -0.1) is 0 Å². The van der Waals surface area contributed by atoms with Gasteiger partial charge in [0.05, 0.1) is 6.33 Å². The standard InChI is InChI=1S/C13H12ClN7S/c14-12-19-9(7-3-16-13(15)17-4-7)10-11(20-12)21(6-18-10)8-1-2-22-5-8/h3-4,6,8H,1-2,5H2,(H2,15,16,17). The van der Waals surface area contributed by atoms with Crippen LogP contribution in [0.15, 0.2) is 18.7 Å². The highest BCUT2D eigenvalue weighted by Crippen LogP contribution is 2.32. The lowest BCUT2D eigenvalue weighted by Crippen LogP contribution is -2.07. The predicted molar refractivity (Wildman–Crippen MR) is 86.8 cm³/mol. The lowest BCUT2D eigenvalue weighted by Gasteiger charge is -2.11. The average Bonchev–Trinajstić information content (AvgIpc) is 3.15. The summed E-state index contributed by atoms with van der Waals surface area (Å²) in [5, 5.41) is 0.187. The lowest BCUT2D eigenvalue weighted by atomic mass is 10.2. The van der Waals surface area contributed by atoms with E-state index in [9.17, 15) is 0 Å². The van der Waals surface area contributed by atoms with Gasteiger partial charge in [0.1, 0.15) is 11.2 Å². The van der Waals surface area contributed by atoms with Crippen LogP contribution in [-0.4, -0.2) is 41.0 Å². The topological polar surface area (TPSA) is 95.4 Å². The smallest absolute Gasteiger partial charge is 0.225 e. The van der Waals surface area contributed by atoms with Crippen molar-refractivity contribution in [3.63, 3.8) is 0 Å². The lowest BCUT2D eigenvalue weighted by molar-refractivity contribution is 0.571. The highest BCUT2D eigenvalue weighted by Gasteiger charge is 2.22. The van der Waals surface area contributed by atoms with Gasteiger partial charge in [-0.2, -0.15) is 16.7 Å². The second kappa shape index (κ2) is 5.36. The van der Waals surface area contributed by atoms with Crippen LogP contribution in [0, 0.1) is 0 Å². The third-order valence-corrected chi connectivity index (χ3v) is 4.95. The highest BCUT2D eigenvalue weighted by atomic mass is 35.5. The zero-order chi connectivity index (χ0) is 15.1. The molecule has 0 spiro atoms. The van der Waals surface area contributed by atoms with E-state index in [1.165, 1.54) is 0 Å². The van der Waals surface area contributed by atoms with Crippen LogP contribution in [0.4, 0.5) is 5.95 Å². The first-order valence-electron chi connectivity index (χ1n) is 6.78. The van der Waals surface area contributed by atoms with Gasteiger partial charge in [0.15, 0.2) is 5.65 Å². The number of anilines is 1. The fourth-order valence-electron chi connectivity index (χ4n) is 2.56. The predicted octanol–water partition coefficient (Wildman–Crippen LogP) is 2.20. The van der Waals surface area contributed by atoms with E-state index in [0.717, 1.165) is 29.1 Å². The molecule has 0 aliphatic carbocycles. The third kappa shape index (κ3) is 2.28. The van der Waals surface area contributed by atoms with Gasteiger partial charge in [-0.3, -0.25) is 0 Å². The van der Waals surface area contributed by atoms with Crippen LogP contribution in [-0.2, 0) is 0 Å². The SMILES string of the molecule is Nc1ncc(-c2nc(Cl)nc3c2ncn3C2CCSC2)cn1. The summed E-state index contributed by atoms with van der Waals surface area (Å²) >= 11 is 8.04. The Labute approximate surface area is 135 Å². The number of hydrogen-bond acceptors (Lipinski definition) is 7. The number of rotatable bonds is 2. The molecule has 3 aromatic rings. The monoisotopic (exact) mass is 333 g/mol. The Balaban J connectivity index is 1.90. The molecular formula is C13H12ClN7S. The molecule has 112 valence electrons. The Morgan fingerprint density at radius 1 is 1.23 bits per heavy atom. The molecule has 1 unspecified atom stereocenters. The minimum atomic E-state index is 0.187. The van der Waals surface area contributed by atoms with E-state index in [-0.39, 0.29) is 11.2 Å². The van der Waals surface area contributed by atoms with Gasteiger partial charge in [0.2, 0.25) is 11.2 Å². The number of fused-ring (bicyclic) bond motifs is 1. The fraction of sp³-hybridized carbons (Fsp3) is 0.308. The number of halogens is 1. The van der Waals surface area contributed by atoms with Gasteiger partial charge in [-0.05, 0) is 23.8 Å². The molecule has 2 N–H and O–H groups in total. The number of thioether (sulfide) groups is 1. The van der Waals surface area contributed by atoms with E-state index in [1.54, 1.807) is 12.4 Å². The Kier molecular flexibility index (Phi) is 3.34. The number of nitrogen functional groups attached to an aromatic ring is 1. The van der Waals surface area contributed by atoms with Crippen molar-refractivity contribution in [3.05, 3.63) is 24.0 Å². The van der Waals surface area contributed by atoms with Crippen LogP contribution in [0.25, 0.3) is 22.4 Å². The van der Waals surface area contributed by atoms with Crippen molar-refractivity contribution in [2.75, 3.05) is 17.2 Å². The van der Waals surface area contributed by atoms with Crippen LogP contribution in [0.5, 0.6) is 0 Å². The van der Waals surface area contributed by atoms with Gasteiger partial charge in [0.25, 0.3) is 0 Å². The van der Waals surface area contributed by atoms with Crippen LogP contribution in [0.2, 0.25) is 5.28 Å². The average molecular weight is 334 g/mol. The number of nitrogens with two attached hydrogens (primary N) is 1. The molecule has 4 rings (SSSR count). The maximum atomic E-state index is 6.11. The van der Waals surface area contributed by atoms with Gasteiger partial charge in [-0.25, -0.2) is 19.9 Å². The highest BCUT2D eigenvalue weighted by molar-refractivity contribution is 7.99. The molecule has 0 bridgehead atoms. The quantitative estimate of drug-likeness (QED) is 0.718. The third-order valence-electron chi connectivity index (χ3n) is 3.64. The fourth-order valence-corrected chi connectivity index (χ4v) is 3.93. The van der Waals surface area contributed by atoms with Crippen molar-refractivity contribution in [2.24, 2.45) is 0 Å². The molecule has 1 aliphatic heterocycles. The molecule has 7 nitrogen and oxygen atoms in total. The molecular weight excluding hydrogens is 322 g/mol. The normalized spacial score (nSPS) is 18.1. The summed E-state index contributed by atoms with van der Waals surface area (Å²) < 4.78 is 2.09. The maximum Gasteiger partial charge on any atom is 0.225 e. The summed E-state index contributed by atoms with van der Waals surface area (Å²) in [4.78, 5) is 21.1. The molecule has 9 heteroatoms. The second-order valence-electron chi connectivity index (χ2n) is 5.01. The van der Waals surface area contributed by atoms with Crippen LogP contribution < -0.4 is 5.73 Å². The van der Waals surface area contributed by atoms with Crippen molar-refractivity contribution in [1.29, 1.82) is 0 Å². The summed E-state index contributed by atoms with van der Waals surface area (Å²) in [6.45, 7) is 0. The Morgan fingerprint density at radius 2 is 2.05 bits per heavy atom. The summed E-state index contributed by atoms with van der Waals surface area (Å²) in [7, 11) is 0. The van der Waals surface area contributed by atoms with E-state index < -0.39 is 0 Å². The molecule has 1 saturated heterocycles. The van der Waals surface area contributed by atoms with E-state index in [4.69, 9.17) is 17.3 Å². The molecule has 1 fully saturated rings. The zero-order valence-electron chi connectivity index (χ0n) is 11.5. The first-order chi connectivity index (χ1) is 10.7. The van der Waals surface area contributed by atoms with Crippen LogP contribution in [0.3, 0.4) is 0 Å². The Morgan fingerprint density at radius 3 is 2.77 bits per heavy atom.